The lowest BCUT2D eigenvalue weighted by molar-refractivity contribution is -0.125. The molecule has 7 heteroatoms. The molecule has 18 heavy (non-hydrogen) atoms. The molecule has 0 saturated heterocycles. The van der Waals surface area contributed by atoms with Crippen molar-refractivity contribution in [3.63, 3.8) is 0 Å². The standard InChI is InChI=1S/C11H12Cl3NO3/c1-7(16)15-18-9-5-3-2-4-8(9)10(17)11(13,14)6-12/h2-5,10,17H,6H2,1H3,(H,15,16). The average Bonchev–Trinajstić information content (AvgIpc) is 2.35. The summed E-state index contributed by atoms with van der Waals surface area (Å²) in [7, 11) is 0. The highest BCUT2D eigenvalue weighted by Crippen LogP contribution is 2.40. The topological polar surface area (TPSA) is 58.6 Å². The number of amides is 1. The molecule has 1 aromatic carbocycles. The third kappa shape index (κ3) is 3.92. The predicted octanol–water partition coefficient (Wildman–Crippen LogP) is 2.56. The lowest BCUT2D eigenvalue weighted by Gasteiger charge is -2.25. The maximum absolute atomic E-state index is 10.8. The number of halogens is 3. The Morgan fingerprint density at radius 3 is 2.67 bits per heavy atom. The predicted molar refractivity (Wildman–Crippen MR) is 71.0 cm³/mol. The number of alkyl halides is 3. The lowest BCUT2D eigenvalue weighted by atomic mass is 10.1. The molecule has 100 valence electrons. The fourth-order valence-corrected chi connectivity index (χ4v) is 1.61. The Labute approximate surface area is 120 Å². The summed E-state index contributed by atoms with van der Waals surface area (Å²) in [5, 5.41) is 10.1. The molecule has 0 aliphatic rings. The SMILES string of the molecule is CC(=O)NOc1ccccc1C(O)C(Cl)(Cl)CCl. The fourth-order valence-electron chi connectivity index (χ4n) is 1.23. The summed E-state index contributed by atoms with van der Waals surface area (Å²) in [6.45, 7) is 1.30. The number of aliphatic hydroxyl groups excluding tert-OH is 1. The van der Waals surface area contributed by atoms with E-state index in [1.54, 1.807) is 24.3 Å². The smallest absolute Gasteiger partial charge is 0.249 e. The van der Waals surface area contributed by atoms with Gasteiger partial charge in [-0.25, -0.2) is 0 Å². The summed E-state index contributed by atoms with van der Waals surface area (Å²) in [4.78, 5) is 15.8. The highest BCUT2D eigenvalue weighted by Gasteiger charge is 2.35. The van der Waals surface area contributed by atoms with Crippen molar-refractivity contribution in [2.75, 3.05) is 5.88 Å². The number of hydrogen-bond donors (Lipinski definition) is 2. The van der Waals surface area contributed by atoms with Gasteiger partial charge in [-0.3, -0.25) is 4.79 Å². The first-order chi connectivity index (χ1) is 8.38. The van der Waals surface area contributed by atoms with Crippen LogP contribution in [0.3, 0.4) is 0 Å². The van der Waals surface area contributed by atoms with Gasteiger partial charge in [-0.15, -0.1) is 11.6 Å². The third-order valence-corrected chi connectivity index (χ3v) is 3.47. The molecule has 1 amide bonds. The molecule has 1 atom stereocenters. The highest BCUT2D eigenvalue weighted by atomic mass is 35.5. The quantitative estimate of drug-likeness (QED) is 0.649. The fraction of sp³-hybridized carbons (Fsp3) is 0.364. The van der Waals surface area contributed by atoms with Crippen molar-refractivity contribution < 1.29 is 14.7 Å². The third-order valence-electron chi connectivity index (χ3n) is 2.10. The minimum atomic E-state index is -1.54. The van der Waals surface area contributed by atoms with Crippen LogP contribution in [0.25, 0.3) is 0 Å². The van der Waals surface area contributed by atoms with Gasteiger partial charge in [0.05, 0.1) is 5.88 Å². The summed E-state index contributed by atoms with van der Waals surface area (Å²) in [6, 6.07) is 6.50. The minimum absolute atomic E-state index is 0.161. The Balaban J connectivity index is 2.97. The van der Waals surface area contributed by atoms with E-state index in [9.17, 15) is 9.90 Å². The van der Waals surface area contributed by atoms with Crippen LogP contribution >= 0.6 is 34.8 Å². The molecule has 1 rings (SSSR count). The molecular formula is C11H12Cl3NO3. The summed E-state index contributed by atoms with van der Waals surface area (Å²) in [5.74, 6) is -0.290. The zero-order chi connectivity index (χ0) is 13.8. The molecule has 1 unspecified atom stereocenters. The number of benzene rings is 1. The Morgan fingerprint density at radius 2 is 2.11 bits per heavy atom. The van der Waals surface area contributed by atoms with Crippen LogP contribution in [0.15, 0.2) is 24.3 Å². The van der Waals surface area contributed by atoms with Crippen molar-refractivity contribution in [2.24, 2.45) is 0 Å². The average molecular weight is 313 g/mol. The highest BCUT2D eigenvalue weighted by molar-refractivity contribution is 6.51. The number of nitrogens with one attached hydrogen (secondary N) is 1. The normalized spacial score (nSPS) is 12.9. The number of aliphatic hydroxyl groups is 1. The Bertz CT molecular complexity index is 426. The van der Waals surface area contributed by atoms with Crippen LogP contribution in [-0.2, 0) is 4.79 Å². The van der Waals surface area contributed by atoms with Crippen molar-refractivity contribution >= 4 is 40.7 Å². The summed E-state index contributed by atoms with van der Waals surface area (Å²) < 4.78 is -1.54. The Hall–Kier alpha value is -0.680. The van der Waals surface area contributed by atoms with Gasteiger partial charge < -0.3 is 9.94 Å². The second-order valence-corrected chi connectivity index (χ2v) is 5.40. The van der Waals surface area contributed by atoms with Gasteiger partial charge in [0, 0.05) is 12.5 Å². The first-order valence-electron chi connectivity index (χ1n) is 5.02. The van der Waals surface area contributed by atoms with E-state index in [2.05, 4.69) is 5.48 Å². The minimum Gasteiger partial charge on any atom is -0.385 e. The molecule has 0 saturated carbocycles. The van der Waals surface area contributed by atoms with Crippen molar-refractivity contribution in [1.82, 2.24) is 5.48 Å². The monoisotopic (exact) mass is 311 g/mol. The molecule has 1 aromatic rings. The number of carbonyl (C=O) groups is 1. The van der Waals surface area contributed by atoms with Gasteiger partial charge >= 0.3 is 0 Å². The molecular weight excluding hydrogens is 300 g/mol. The number of para-hydroxylation sites is 1. The number of carbonyl (C=O) groups excluding carboxylic acids is 1. The second-order valence-electron chi connectivity index (χ2n) is 3.60. The lowest BCUT2D eigenvalue weighted by Crippen LogP contribution is -2.28. The van der Waals surface area contributed by atoms with E-state index in [-0.39, 0.29) is 17.5 Å². The largest absolute Gasteiger partial charge is 0.385 e. The molecule has 0 aromatic heterocycles. The number of hydrogen-bond acceptors (Lipinski definition) is 3. The van der Waals surface area contributed by atoms with Gasteiger partial charge in [0.15, 0.2) is 10.1 Å². The van der Waals surface area contributed by atoms with E-state index >= 15 is 0 Å². The molecule has 0 heterocycles. The van der Waals surface area contributed by atoms with Crippen LogP contribution in [0.4, 0.5) is 0 Å². The van der Waals surface area contributed by atoms with Crippen LogP contribution in [0, 0.1) is 0 Å². The molecule has 0 bridgehead atoms. The summed E-state index contributed by atoms with van der Waals surface area (Å²) in [6.07, 6.45) is -1.25. The number of hydroxylamine groups is 1. The van der Waals surface area contributed by atoms with Crippen LogP contribution in [0.5, 0.6) is 5.75 Å². The van der Waals surface area contributed by atoms with Gasteiger partial charge in [0.25, 0.3) is 0 Å². The molecule has 0 aliphatic heterocycles. The van der Waals surface area contributed by atoms with Crippen LogP contribution in [0.1, 0.15) is 18.6 Å². The van der Waals surface area contributed by atoms with E-state index in [0.717, 1.165) is 0 Å². The first-order valence-corrected chi connectivity index (χ1v) is 6.31. The van der Waals surface area contributed by atoms with E-state index < -0.39 is 10.4 Å². The Morgan fingerprint density at radius 1 is 1.50 bits per heavy atom. The summed E-state index contributed by atoms with van der Waals surface area (Å²) >= 11 is 17.3. The van der Waals surface area contributed by atoms with E-state index in [1.807, 2.05) is 0 Å². The Kier molecular flexibility index (Phi) is 5.53. The van der Waals surface area contributed by atoms with E-state index in [1.165, 1.54) is 6.92 Å². The molecule has 2 N–H and O–H groups in total. The molecule has 0 radical (unpaired) electrons. The van der Waals surface area contributed by atoms with E-state index in [0.29, 0.717) is 5.56 Å². The van der Waals surface area contributed by atoms with E-state index in [4.69, 9.17) is 39.6 Å². The summed E-state index contributed by atoms with van der Waals surface area (Å²) in [5.41, 5.74) is 2.49. The van der Waals surface area contributed by atoms with Crippen molar-refractivity contribution in [2.45, 2.75) is 17.4 Å². The van der Waals surface area contributed by atoms with Crippen LogP contribution < -0.4 is 10.3 Å². The maximum atomic E-state index is 10.8. The van der Waals surface area contributed by atoms with Gasteiger partial charge in [-0.2, -0.15) is 5.48 Å². The molecule has 4 nitrogen and oxygen atoms in total. The van der Waals surface area contributed by atoms with Gasteiger partial charge in [0.1, 0.15) is 6.10 Å². The van der Waals surface area contributed by atoms with Crippen molar-refractivity contribution in [1.29, 1.82) is 0 Å². The second kappa shape index (κ2) is 6.48. The van der Waals surface area contributed by atoms with Gasteiger partial charge in [-0.1, -0.05) is 41.4 Å². The number of rotatable bonds is 5. The zero-order valence-corrected chi connectivity index (χ0v) is 11.8. The van der Waals surface area contributed by atoms with Crippen LogP contribution in [-0.4, -0.2) is 21.2 Å². The van der Waals surface area contributed by atoms with Crippen LogP contribution in [0.2, 0.25) is 0 Å². The van der Waals surface area contributed by atoms with Crippen molar-refractivity contribution in [3.05, 3.63) is 29.8 Å². The molecule has 0 fully saturated rings. The maximum Gasteiger partial charge on any atom is 0.249 e. The zero-order valence-electron chi connectivity index (χ0n) is 9.49. The molecule has 0 aliphatic carbocycles. The molecule has 0 spiro atoms. The first kappa shape index (κ1) is 15.4. The van der Waals surface area contributed by atoms with Gasteiger partial charge in [0.2, 0.25) is 5.91 Å². The van der Waals surface area contributed by atoms with Gasteiger partial charge in [-0.05, 0) is 6.07 Å². The van der Waals surface area contributed by atoms with Crippen molar-refractivity contribution in [3.8, 4) is 5.75 Å².